The van der Waals surface area contributed by atoms with Gasteiger partial charge in [0, 0.05) is 12.6 Å². The van der Waals surface area contributed by atoms with Gasteiger partial charge in [-0.25, -0.2) is 0 Å². The maximum Gasteiger partial charge on any atom is 0.0687 e. The van der Waals surface area contributed by atoms with Gasteiger partial charge in [0.2, 0.25) is 0 Å². The van der Waals surface area contributed by atoms with Crippen LogP contribution in [0.25, 0.3) is 0 Å². The van der Waals surface area contributed by atoms with E-state index in [0.29, 0.717) is 17.9 Å². The molecule has 1 aliphatic rings. The molecule has 0 amide bonds. The molecule has 100 valence electrons. The number of nitrogens with one attached hydrogen (secondary N) is 1. The molecule has 0 aliphatic heterocycles. The molecule has 1 aromatic carbocycles. The Bertz CT molecular complexity index is 382. The van der Waals surface area contributed by atoms with Crippen molar-refractivity contribution in [2.45, 2.75) is 51.7 Å². The predicted molar refractivity (Wildman–Crippen MR) is 75.8 cm³/mol. The van der Waals surface area contributed by atoms with E-state index >= 15 is 0 Å². The minimum Gasteiger partial charge on any atom is -0.392 e. The van der Waals surface area contributed by atoms with Crippen molar-refractivity contribution in [2.75, 3.05) is 6.54 Å². The van der Waals surface area contributed by atoms with Crippen LogP contribution in [0, 0.1) is 12.8 Å². The molecule has 18 heavy (non-hydrogen) atoms. The maximum atomic E-state index is 9.75. The van der Waals surface area contributed by atoms with Gasteiger partial charge in [-0.2, -0.15) is 0 Å². The Morgan fingerprint density at radius 1 is 1.33 bits per heavy atom. The van der Waals surface area contributed by atoms with Crippen LogP contribution in [0.5, 0.6) is 0 Å². The number of aryl methyl sites for hydroxylation is 1. The van der Waals surface area contributed by atoms with Crippen molar-refractivity contribution in [1.82, 2.24) is 5.32 Å². The van der Waals surface area contributed by atoms with Crippen molar-refractivity contribution < 1.29 is 5.11 Å². The summed E-state index contributed by atoms with van der Waals surface area (Å²) in [4.78, 5) is 0. The van der Waals surface area contributed by atoms with Gasteiger partial charge >= 0.3 is 0 Å². The summed E-state index contributed by atoms with van der Waals surface area (Å²) in [6, 6.07) is 9.41. The second kappa shape index (κ2) is 5.85. The maximum absolute atomic E-state index is 9.75. The summed E-state index contributed by atoms with van der Waals surface area (Å²) in [5.74, 6) is 1.05. The third-order valence-corrected chi connectivity index (χ3v) is 4.04. The Balaban J connectivity index is 1.74. The fourth-order valence-corrected chi connectivity index (χ4v) is 2.50. The summed E-state index contributed by atoms with van der Waals surface area (Å²) in [7, 11) is 0. The monoisotopic (exact) mass is 247 g/mol. The van der Waals surface area contributed by atoms with Crippen LogP contribution in [0.1, 0.15) is 43.7 Å². The number of benzene rings is 1. The highest BCUT2D eigenvalue weighted by Crippen LogP contribution is 2.37. The third-order valence-electron chi connectivity index (χ3n) is 4.04. The molecule has 1 unspecified atom stereocenters. The first-order valence-corrected chi connectivity index (χ1v) is 7.04. The second-order valence-electron chi connectivity index (χ2n) is 6.00. The van der Waals surface area contributed by atoms with Crippen molar-refractivity contribution in [2.24, 2.45) is 5.92 Å². The van der Waals surface area contributed by atoms with Crippen molar-refractivity contribution >= 4 is 0 Å². The molecule has 0 radical (unpaired) electrons. The average molecular weight is 247 g/mol. The third kappa shape index (κ3) is 3.33. The topological polar surface area (TPSA) is 32.3 Å². The van der Waals surface area contributed by atoms with Crippen molar-refractivity contribution in [1.29, 1.82) is 0 Å². The van der Waals surface area contributed by atoms with E-state index in [0.717, 1.165) is 6.54 Å². The van der Waals surface area contributed by atoms with Crippen LogP contribution < -0.4 is 5.32 Å². The summed E-state index contributed by atoms with van der Waals surface area (Å²) < 4.78 is 0. The zero-order valence-corrected chi connectivity index (χ0v) is 11.7. The lowest BCUT2D eigenvalue weighted by Crippen LogP contribution is -2.44. The van der Waals surface area contributed by atoms with Crippen molar-refractivity contribution in [3.63, 3.8) is 0 Å². The van der Waals surface area contributed by atoms with Gasteiger partial charge in [0.15, 0.2) is 0 Å². The lowest BCUT2D eigenvalue weighted by atomic mass is 9.75. The predicted octanol–water partition coefficient (Wildman–Crippen LogP) is 2.85. The van der Waals surface area contributed by atoms with Crippen molar-refractivity contribution in [3.05, 3.63) is 35.4 Å². The van der Waals surface area contributed by atoms with Crippen LogP contribution in [0.2, 0.25) is 0 Å². The highest BCUT2D eigenvalue weighted by Gasteiger charge is 2.30. The van der Waals surface area contributed by atoms with Crippen LogP contribution in [0.3, 0.4) is 0 Å². The number of hydrogen-bond acceptors (Lipinski definition) is 2. The van der Waals surface area contributed by atoms with E-state index < -0.39 is 0 Å². The SMILES string of the molecule is Cc1cccc(C2CC(NCC(O)C(C)C)C2)c1. The van der Waals surface area contributed by atoms with Gasteiger partial charge in [-0.3, -0.25) is 0 Å². The Hall–Kier alpha value is -0.860. The fraction of sp³-hybridized carbons (Fsp3) is 0.625. The van der Waals surface area contributed by atoms with Gasteiger partial charge in [0.05, 0.1) is 6.10 Å². The lowest BCUT2D eigenvalue weighted by molar-refractivity contribution is 0.112. The van der Waals surface area contributed by atoms with Gasteiger partial charge < -0.3 is 10.4 Å². The average Bonchev–Trinajstić information content (AvgIpc) is 2.26. The van der Waals surface area contributed by atoms with Crippen LogP contribution in [0.15, 0.2) is 24.3 Å². The first kappa shape index (κ1) is 13.6. The number of rotatable bonds is 5. The van der Waals surface area contributed by atoms with Crippen LogP contribution in [0.4, 0.5) is 0 Å². The zero-order chi connectivity index (χ0) is 13.1. The highest BCUT2D eigenvalue weighted by molar-refractivity contribution is 5.27. The fourth-order valence-electron chi connectivity index (χ4n) is 2.50. The molecular formula is C16H25NO. The van der Waals surface area contributed by atoms with Gasteiger partial charge in [-0.1, -0.05) is 43.7 Å². The molecule has 2 rings (SSSR count). The normalized spacial score (nSPS) is 24.9. The summed E-state index contributed by atoms with van der Waals surface area (Å²) in [5.41, 5.74) is 2.82. The van der Waals surface area contributed by atoms with E-state index in [1.54, 1.807) is 0 Å². The molecule has 1 aromatic rings. The lowest BCUT2D eigenvalue weighted by Gasteiger charge is -2.37. The number of aliphatic hydroxyl groups excluding tert-OH is 1. The first-order valence-electron chi connectivity index (χ1n) is 7.04. The van der Waals surface area contributed by atoms with Gasteiger partial charge in [0.1, 0.15) is 0 Å². The van der Waals surface area contributed by atoms with Crippen LogP contribution >= 0.6 is 0 Å². The molecule has 2 N–H and O–H groups in total. The van der Waals surface area contributed by atoms with E-state index in [4.69, 9.17) is 0 Å². The minimum absolute atomic E-state index is 0.219. The van der Waals surface area contributed by atoms with E-state index in [2.05, 4.69) is 50.4 Å². The molecule has 1 atom stereocenters. The number of aliphatic hydroxyl groups is 1. The van der Waals surface area contributed by atoms with Gasteiger partial charge in [-0.05, 0) is 37.2 Å². The molecule has 0 aromatic heterocycles. The summed E-state index contributed by atoms with van der Waals surface area (Å²) >= 11 is 0. The standard InChI is InChI=1S/C16H25NO/c1-11(2)16(18)10-17-15-8-14(9-15)13-6-4-5-12(3)7-13/h4-7,11,14-18H,8-10H2,1-3H3. The smallest absolute Gasteiger partial charge is 0.0687 e. The summed E-state index contributed by atoms with van der Waals surface area (Å²) in [6.07, 6.45) is 2.19. The molecular weight excluding hydrogens is 222 g/mol. The molecule has 0 bridgehead atoms. The summed E-state index contributed by atoms with van der Waals surface area (Å²) in [6.45, 7) is 6.99. The molecule has 1 aliphatic carbocycles. The quantitative estimate of drug-likeness (QED) is 0.838. The Morgan fingerprint density at radius 2 is 2.06 bits per heavy atom. The molecule has 1 saturated carbocycles. The van der Waals surface area contributed by atoms with Crippen LogP contribution in [-0.4, -0.2) is 23.8 Å². The van der Waals surface area contributed by atoms with Crippen molar-refractivity contribution in [3.8, 4) is 0 Å². The molecule has 0 heterocycles. The molecule has 2 heteroatoms. The van der Waals surface area contributed by atoms with E-state index in [9.17, 15) is 5.11 Å². The largest absolute Gasteiger partial charge is 0.392 e. The van der Waals surface area contributed by atoms with Gasteiger partial charge in [-0.15, -0.1) is 0 Å². The zero-order valence-electron chi connectivity index (χ0n) is 11.7. The molecule has 0 saturated heterocycles. The van der Waals surface area contributed by atoms with Crippen LogP contribution in [-0.2, 0) is 0 Å². The Kier molecular flexibility index (Phi) is 4.41. The molecule has 0 spiro atoms. The minimum atomic E-state index is -0.219. The van der Waals surface area contributed by atoms with E-state index in [1.807, 2.05) is 0 Å². The Labute approximate surface area is 110 Å². The number of hydrogen-bond donors (Lipinski definition) is 2. The summed E-state index contributed by atoms with van der Waals surface area (Å²) in [5, 5.41) is 13.2. The van der Waals surface area contributed by atoms with Gasteiger partial charge in [0.25, 0.3) is 0 Å². The molecule has 2 nitrogen and oxygen atoms in total. The van der Waals surface area contributed by atoms with E-state index in [1.165, 1.54) is 24.0 Å². The Morgan fingerprint density at radius 3 is 2.67 bits per heavy atom. The highest BCUT2D eigenvalue weighted by atomic mass is 16.3. The van der Waals surface area contributed by atoms with E-state index in [-0.39, 0.29) is 6.10 Å². The molecule has 1 fully saturated rings. The second-order valence-corrected chi connectivity index (χ2v) is 6.00. The first-order chi connectivity index (χ1) is 8.56.